The highest BCUT2D eigenvalue weighted by molar-refractivity contribution is 7.91. The van der Waals surface area contributed by atoms with Crippen molar-refractivity contribution in [2.24, 2.45) is 5.92 Å². The molecule has 1 fully saturated rings. The number of nitrogens with zero attached hydrogens (tertiary/aromatic N) is 3. The van der Waals surface area contributed by atoms with E-state index in [9.17, 15) is 22.7 Å². The minimum Gasteiger partial charge on any atom is -0.478 e. The third kappa shape index (κ3) is 5.82. The van der Waals surface area contributed by atoms with Gasteiger partial charge in [-0.05, 0) is 60.3 Å². The summed E-state index contributed by atoms with van der Waals surface area (Å²) in [5.41, 5.74) is 0.708. The normalized spacial score (nSPS) is 21.6. The van der Waals surface area contributed by atoms with Crippen molar-refractivity contribution in [1.82, 2.24) is 20.1 Å². The fourth-order valence-electron chi connectivity index (χ4n) is 5.04. The van der Waals surface area contributed by atoms with E-state index in [1.165, 1.54) is 6.07 Å². The number of carbonyl (C=O) groups excluding carboxylic acids is 1. The van der Waals surface area contributed by atoms with Crippen LogP contribution in [0.1, 0.15) is 71.2 Å². The summed E-state index contributed by atoms with van der Waals surface area (Å²) in [5.74, 6) is -0.550. The molecule has 1 aliphatic heterocycles. The van der Waals surface area contributed by atoms with Crippen molar-refractivity contribution in [2.45, 2.75) is 83.9 Å². The molecule has 0 aromatic carbocycles. The molecule has 1 aliphatic carbocycles. The molecule has 2 aromatic heterocycles. The number of halogens is 1. The van der Waals surface area contributed by atoms with Crippen LogP contribution < -0.4 is 10.1 Å². The second-order valence-corrected chi connectivity index (χ2v) is 13.4. The van der Waals surface area contributed by atoms with Crippen LogP contribution in [0.3, 0.4) is 0 Å². The molecule has 2 atom stereocenters. The van der Waals surface area contributed by atoms with Crippen LogP contribution in [0.4, 0.5) is 4.39 Å². The summed E-state index contributed by atoms with van der Waals surface area (Å²) < 4.78 is 45.9. The van der Waals surface area contributed by atoms with Gasteiger partial charge >= 0.3 is 0 Å². The minimum atomic E-state index is -3.05. The van der Waals surface area contributed by atoms with Crippen LogP contribution in [0, 0.1) is 11.7 Å². The first-order chi connectivity index (χ1) is 17.2. The fraction of sp³-hybridized carbons (Fsp3) is 0.654. The van der Waals surface area contributed by atoms with Gasteiger partial charge in [0, 0.05) is 40.8 Å². The van der Waals surface area contributed by atoms with Crippen LogP contribution in [-0.4, -0.2) is 63.4 Å². The van der Waals surface area contributed by atoms with E-state index < -0.39 is 32.8 Å². The largest absolute Gasteiger partial charge is 0.478 e. The summed E-state index contributed by atoms with van der Waals surface area (Å²) in [6.07, 6.45) is 3.34. The Bertz CT molecular complexity index is 1270. The highest BCUT2D eigenvalue weighted by atomic mass is 32.2. The van der Waals surface area contributed by atoms with Crippen molar-refractivity contribution in [3.63, 3.8) is 0 Å². The van der Waals surface area contributed by atoms with Gasteiger partial charge in [-0.1, -0.05) is 0 Å². The topological polar surface area (TPSA) is 123 Å². The minimum absolute atomic E-state index is 0.0685. The van der Waals surface area contributed by atoms with Gasteiger partial charge < -0.3 is 15.2 Å². The predicted octanol–water partition coefficient (Wildman–Crippen LogP) is 3.00. The lowest BCUT2D eigenvalue weighted by atomic mass is 9.83. The summed E-state index contributed by atoms with van der Waals surface area (Å²) in [4.78, 5) is 17.3. The highest BCUT2D eigenvalue weighted by Gasteiger charge is 2.39. The number of nitrogens with one attached hydrogen (secondary N) is 1. The quantitative estimate of drug-likeness (QED) is 0.558. The van der Waals surface area contributed by atoms with Gasteiger partial charge in [-0.2, -0.15) is 5.10 Å². The standard InChI is InChI=1S/C26H37FN4O5S/c1-6-36-22-14-19(20(27)15-28-22)23-18-8-7-17(13-21(18)31(30-23)16(2)25(3,4)33)24(32)29-26(5)9-11-37(34,35)12-10-26/h14-17,33H,6-13H2,1-5H3,(H,29,32)/t16?,17-/m1/s1. The Morgan fingerprint density at radius 2 is 2.05 bits per heavy atom. The Kier molecular flexibility index (Phi) is 7.42. The van der Waals surface area contributed by atoms with Crippen LogP contribution in [0.5, 0.6) is 5.88 Å². The zero-order chi connectivity index (χ0) is 27.2. The molecule has 2 aliphatic rings. The van der Waals surface area contributed by atoms with Crippen molar-refractivity contribution in [1.29, 1.82) is 0 Å². The summed E-state index contributed by atoms with van der Waals surface area (Å²) in [7, 11) is -3.05. The molecule has 1 amide bonds. The van der Waals surface area contributed by atoms with Crippen LogP contribution >= 0.6 is 0 Å². The van der Waals surface area contributed by atoms with Gasteiger partial charge in [-0.3, -0.25) is 9.48 Å². The number of aromatic nitrogens is 3. The van der Waals surface area contributed by atoms with Crippen molar-refractivity contribution in [3.05, 3.63) is 29.3 Å². The first kappa shape index (κ1) is 27.5. The van der Waals surface area contributed by atoms with Crippen LogP contribution in [-0.2, 0) is 27.5 Å². The molecule has 0 bridgehead atoms. The first-order valence-corrected chi connectivity index (χ1v) is 14.7. The number of pyridine rings is 1. The third-order valence-corrected chi connectivity index (χ3v) is 9.45. The second-order valence-electron chi connectivity index (χ2n) is 11.1. The maximum absolute atomic E-state index is 14.9. The first-order valence-electron chi connectivity index (χ1n) is 12.9. The number of sulfone groups is 1. The number of carbonyl (C=O) groups is 1. The zero-order valence-electron chi connectivity index (χ0n) is 22.2. The van der Waals surface area contributed by atoms with E-state index in [2.05, 4.69) is 10.3 Å². The van der Waals surface area contributed by atoms with Crippen LogP contribution in [0.2, 0.25) is 0 Å². The lowest BCUT2D eigenvalue weighted by molar-refractivity contribution is -0.127. The number of ether oxygens (including phenoxy) is 1. The van der Waals surface area contributed by atoms with E-state index in [0.29, 0.717) is 50.3 Å². The van der Waals surface area contributed by atoms with Crippen LogP contribution in [0.25, 0.3) is 11.3 Å². The van der Waals surface area contributed by atoms with E-state index in [1.807, 2.05) is 20.8 Å². The lowest BCUT2D eigenvalue weighted by Gasteiger charge is -2.36. The molecule has 37 heavy (non-hydrogen) atoms. The number of rotatable bonds is 7. The van der Waals surface area contributed by atoms with E-state index in [0.717, 1.165) is 17.5 Å². The molecule has 0 saturated carbocycles. The average Bonchev–Trinajstić information content (AvgIpc) is 3.20. The molecule has 1 saturated heterocycles. The molecule has 2 aromatic rings. The van der Waals surface area contributed by atoms with Gasteiger partial charge in [-0.25, -0.2) is 17.8 Å². The van der Waals surface area contributed by atoms with Gasteiger partial charge in [-0.15, -0.1) is 0 Å². The van der Waals surface area contributed by atoms with Crippen molar-refractivity contribution >= 4 is 15.7 Å². The van der Waals surface area contributed by atoms with Gasteiger partial charge in [0.15, 0.2) is 5.82 Å². The molecule has 4 rings (SSSR count). The van der Waals surface area contributed by atoms with E-state index in [1.54, 1.807) is 18.5 Å². The van der Waals surface area contributed by atoms with Gasteiger partial charge in [0.2, 0.25) is 11.8 Å². The van der Waals surface area contributed by atoms with E-state index >= 15 is 0 Å². The molecule has 9 nitrogen and oxygen atoms in total. The molecule has 11 heteroatoms. The summed E-state index contributed by atoms with van der Waals surface area (Å²) >= 11 is 0. The van der Waals surface area contributed by atoms with Gasteiger partial charge in [0.25, 0.3) is 0 Å². The molecule has 1 unspecified atom stereocenters. The lowest BCUT2D eigenvalue weighted by Crippen LogP contribution is -2.53. The maximum Gasteiger partial charge on any atom is 0.223 e. The third-order valence-electron chi connectivity index (χ3n) is 7.79. The molecular formula is C26H37FN4O5S. The van der Waals surface area contributed by atoms with Gasteiger partial charge in [0.05, 0.1) is 41.6 Å². The zero-order valence-corrected chi connectivity index (χ0v) is 23.0. The molecule has 204 valence electrons. The Morgan fingerprint density at radius 3 is 2.68 bits per heavy atom. The smallest absolute Gasteiger partial charge is 0.223 e. The molecule has 2 N–H and O–H groups in total. The maximum atomic E-state index is 14.9. The SMILES string of the molecule is CCOc1cc(-c2nn(C(C)C(C)(C)O)c3c2CC[C@@H](C(=O)NC2(C)CCS(=O)(=O)CC2)C3)c(F)cn1. The van der Waals surface area contributed by atoms with E-state index in [4.69, 9.17) is 9.84 Å². The van der Waals surface area contributed by atoms with Crippen LogP contribution in [0.15, 0.2) is 12.3 Å². The molecule has 3 heterocycles. The number of aliphatic hydroxyl groups is 1. The molecule has 0 radical (unpaired) electrons. The highest BCUT2D eigenvalue weighted by Crippen LogP contribution is 2.38. The predicted molar refractivity (Wildman–Crippen MR) is 138 cm³/mol. The van der Waals surface area contributed by atoms with Crippen molar-refractivity contribution < 1.29 is 27.4 Å². The Balaban J connectivity index is 1.67. The summed E-state index contributed by atoms with van der Waals surface area (Å²) in [6, 6.07) is 1.10. The fourth-order valence-corrected chi connectivity index (χ4v) is 6.76. The summed E-state index contributed by atoms with van der Waals surface area (Å²) in [6.45, 7) is 9.34. The van der Waals surface area contributed by atoms with Crippen molar-refractivity contribution in [3.8, 4) is 17.1 Å². The summed E-state index contributed by atoms with van der Waals surface area (Å²) in [5, 5.41) is 18.6. The number of amides is 1. The Morgan fingerprint density at radius 1 is 1.38 bits per heavy atom. The van der Waals surface area contributed by atoms with Gasteiger partial charge in [0.1, 0.15) is 9.84 Å². The number of hydrogen-bond donors (Lipinski definition) is 2. The Hall–Kier alpha value is -2.53. The van der Waals surface area contributed by atoms with E-state index in [-0.39, 0.29) is 28.9 Å². The monoisotopic (exact) mass is 536 g/mol. The molecule has 0 spiro atoms. The second kappa shape index (κ2) is 9.98. The molecular weight excluding hydrogens is 499 g/mol. The van der Waals surface area contributed by atoms with Crippen molar-refractivity contribution in [2.75, 3.05) is 18.1 Å². The number of fused-ring (bicyclic) bond motifs is 1. The number of hydrogen-bond acceptors (Lipinski definition) is 7. The average molecular weight is 537 g/mol. The Labute approximate surface area is 217 Å².